The minimum absolute atomic E-state index is 0.629. The molecule has 10 rings (SSSR count). The summed E-state index contributed by atoms with van der Waals surface area (Å²) in [7, 11) is 0. The Morgan fingerprint density at radius 2 is 0.655 bits per heavy atom. The normalized spacial score (nSPS) is 11.3. The van der Waals surface area contributed by atoms with Gasteiger partial charge in [0, 0.05) is 53.6 Å². The molecule has 3 aromatic heterocycles. The Labute approximate surface area is 321 Å². The van der Waals surface area contributed by atoms with Crippen LogP contribution in [0.4, 0.5) is 0 Å². The average Bonchev–Trinajstić information content (AvgIpc) is 3.66. The standard InChI is InChI=1S/C48H30N6S/c1-5-15-31(16-6-1)43-49-44(32-17-7-2-8-18-32)52-47(51-43)36-24-13-23-35(29-36)38-25-14-26-40-39-28-27-37(30-41(39)55-42(38)40)48-53-45(33-19-9-3-10-20-33)50-46(54-48)34-21-11-4-12-22-34/h1-30H. The summed E-state index contributed by atoms with van der Waals surface area (Å²) >= 11 is 1.78. The van der Waals surface area contributed by atoms with Crippen LogP contribution in [0.5, 0.6) is 0 Å². The van der Waals surface area contributed by atoms with Crippen LogP contribution in [0.2, 0.25) is 0 Å². The summed E-state index contributed by atoms with van der Waals surface area (Å²) in [4.78, 5) is 29.7. The van der Waals surface area contributed by atoms with Gasteiger partial charge >= 0.3 is 0 Å². The maximum absolute atomic E-state index is 4.98. The van der Waals surface area contributed by atoms with E-state index in [2.05, 4.69) is 60.7 Å². The van der Waals surface area contributed by atoms with Crippen LogP contribution >= 0.6 is 11.3 Å². The molecule has 10 aromatic rings. The molecular formula is C48H30N6S. The van der Waals surface area contributed by atoms with Crippen LogP contribution in [0.15, 0.2) is 182 Å². The largest absolute Gasteiger partial charge is 0.208 e. The van der Waals surface area contributed by atoms with Crippen molar-refractivity contribution in [2.75, 3.05) is 0 Å². The molecule has 0 amide bonds. The first-order chi connectivity index (χ1) is 27.2. The van der Waals surface area contributed by atoms with Crippen LogP contribution in [0.1, 0.15) is 0 Å². The molecule has 0 unspecified atom stereocenters. The molecule has 0 atom stereocenters. The first-order valence-corrected chi connectivity index (χ1v) is 18.9. The van der Waals surface area contributed by atoms with Crippen LogP contribution in [0, 0.1) is 0 Å². The van der Waals surface area contributed by atoms with E-state index in [1.165, 1.54) is 15.5 Å². The van der Waals surface area contributed by atoms with Gasteiger partial charge in [-0.3, -0.25) is 0 Å². The Kier molecular flexibility index (Phi) is 8.24. The Hall–Kier alpha value is -7.22. The Morgan fingerprint density at radius 3 is 1.13 bits per heavy atom. The van der Waals surface area contributed by atoms with Crippen molar-refractivity contribution in [2.45, 2.75) is 0 Å². The van der Waals surface area contributed by atoms with Crippen molar-refractivity contribution in [3.8, 4) is 79.5 Å². The zero-order valence-corrected chi connectivity index (χ0v) is 30.2. The second-order valence-electron chi connectivity index (χ2n) is 13.2. The maximum Gasteiger partial charge on any atom is 0.164 e. The molecule has 0 aliphatic carbocycles. The number of aromatic nitrogens is 6. The van der Waals surface area contributed by atoms with Crippen LogP contribution in [0.3, 0.4) is 0 Å². The third-order valence-corrected chi connectivity index (χ3v) is 10.8. The highest BCUT2D eigenvalue weighted by Crippen LogP contribution is 2.42. The lowest BCUT2D eigenvalue weighted by atomic mass is 10.00. The van der Waals surface area contributed by atoms with E-state index in [1.807, 2.05) is 121 Å². The van der Waals surface area contributed by atoms with Crippen molar-refractivity contribution < 1.29 is 0 Å². The second-order valence-corrected chi connectivity index (χ2v) is 14.2. The smallest absolute Gasteiger partial charge is 0.164 e. The number of fused-ring (bicyclic) bond motifs is 3. The predicted molar refractivity (Wildman–Crippen MR) is 224 cm³/mol. The van der Waals surface area contributed by atoms with Crippen molar-refractivity contribution >= 4 is 31.5 Å². The number of rotatable bonds is 7. The van der Waals surface area contributed by atoms with Crippen molar-refractivity contribution in [2.24, 2.45) is 0 Å². The highest BCUT2D eigenvalue weighted by atomic mass is 32.1. The zero-order chi connectivity index (χ0) is 36.6. The summed E-state index contributed by atoms with van der Waals surface area (Å²) < 4.78 is 2.37. The number of hydrogen-bond acceptors (Lipinski definition) is 7. The van der Waals surface area contributed by atoms with E-state index >= 15 is 0 Å². The van der Waals surface area contributed by atoms with Crippen molar-refractivity contribution in [1.82, 2.24) is 29.9 Å². The molecule has 0 radical (unpaired) electrons. The first-order valence-electron chi connectivity index (χ1n) is 18.0. The highest BCUT2D eigenvalue weighted by Gasteiger charge is 2.17. The Bertz CT molecular complexity index is 2850. The van der Waals surface area contributed by atoms with Crippen molar-refractivity contribution in [1.29, 1.82) is 0 Å². The molecule has 0 N–H and O–H groups in total. The fraction of sp³-hybridized carbons (Fsp3) is 0. The summed E-state index contributed by atoms with van der Waals surface area (Å²) in [5.74, 6) is 3.84. The molecule has 0 bridgehead atoms. The number of thiophene rings is 1. The molecule has 0 aliphatic heterocycles. The highest BCUT2D eigenvalue weighted by molar-refractivity contribution is 7.26. The number of hydrogen-bond donors (Lipinski definition) is 0. The molecule has 7 heteroatoms. The molecule has 55 heavy (non-hydrogen) atoms. The van der Waals surface area contributed by atoms with Gasteiger partial charge in [0.1, 0.15) is 0 Å². The number of nitrogens with zero attached hydrogens (tertiary/aromatic N) is 6. The van der Waals surface area contributed by atoms with Gasteiger partial charge in [-0.15, -0.1) is 11.3 Å². The molecular weight excluding hydrogens is 693 g/mol. The maximum atomic E-state index is 4.98. The fourth-order valence-electron chi connectivity index (χ4n) is 6.87. The average molecular weight is 723 g/mol. The lowest BCUT2D eigenvalue weighted by Crippen LogP contribution is -2.00. The molecule has 6 nitrogen and oxygen atoms in total. The van der Waals surface area contributed by atoms with Gasteiger partial charge in [0.15, 0.2) is 34.9 Å². The topological polar surface area (TPSA) is 77.3 Å². The molecule has 7 aromatic carbocycles. The molecule has 0 aliphatic rings. The van der Waals surface area contributed by atoms with Gasteiger partial charge in [0.05, 0.1) is 0 Å². The minimum atomic E-state index is 0.629. The summed E-state index contributed by atoms with van der Waals surface area (Å²) in [5.41, 5.74) is 7.89. The summed E-state index contributed by atoms with van der Waals surface area (Å²) in [5, 5.41) is 2.40. The molecule has 3 heterocycles. The molecule has 258 valence electrons. The monoisotopic (exact) mass is 722 g/mol. The van der Waals surface area contributed by atoms with E-state index in [0.29, 0.717) is 34.9 Å². The fourth-order valence-corrected chi connectivity index (χ4v) is 8.14. The molecule has 0 fully saturated rings. The summed E-state index contributed by atoms with van der Waals surface area (Å²) in [6, 6.07) is 61.8. The Balaban J connectivity index is 1.07. The van der Waals surface area contributed by atoms with Gasteiger partial charge in [-0.25, -0.2) is 29.9 Å². The number of benzene rings is 7. The van der Waals surface area contributed by atoms with Gasteiger partial charge in [-0.1, -0.05) is 170 Å². The van der Waals surface area contributed by atoms with E-state index in [9.17, 15) is 0 Å². The zero-order valence-electron chi connectivity index (χ0n) is 29.4. The third-order valence-electron chi connectivity index (χ3n) is 9.59. The molecule has 0 spiro atoms. The predicted octanol–water partition coefficient (Wildman–Crippen LogP) is 12.1. The van der Waals surface area contributed by atoms with Crippen LogP contribution in [-0.4, -0.2) is 29.9 Å². The minimum Gasteiger partial charge on any atom is -0.208 e. The molecule has 0 saturated heterocycles. The molecule has 0 saturated carbocycles. The quantitative estimate of drug-likeness (QED) is 0.163. The lowest BCUT2D eigenvalue weighted by molar-refractivity contribution is 1.07. The van der Waals surface area contributed by atoms with E-state index < -0.39 is 0 Å². The SMILES string of the molecule is c1ccc(-c2nc(-c3ccccc3)nc(-c3cccc(-c4cccc5c4sc4cc(-c6nc(-c7ccccc7)nc(-c7ccccc7)n6)ccc45)c3)n2)cc1. The third kappa shape index (κ3) is 6.33. The van der Waals surface area contributed by atoms with Crippen molar-refractivity contribution in [3.05, 3.63) is 182 Å². The van der Waals surface area contributed by atoms with E-state index in [1.54, 1.807) is 11.3 Å². The van der Waals surface area contributed by atoms with Crippen molar-refractivity contribution in [3.63, 3.8) is 0 Å². The second kappa shape index (κ2) is 14.0. The van der Waals surface area contributed by atoms with E-state index in [-0.39, 0.29) is 0 Å². The summed E-state index contributed by atoms with van der Waals surface area (Å²) in [6.45, 7) is 0. The first kappa shape index (κ1) is 32.4. The van der Waals surface area contributed by atoms with Crippen LogP contribution in [-0.2, 0) is 0 Å². The van der Waals surface area contributed by atoms with Crippen LogP contribution in [0.25, 0.3) is 99.6 Å². The van der Waals surface area contributed by atoms with E-state index in [0.717, 1.165) is 49.2 Å². The summed E-state index contributed by atoms with van der Waals surface area (Å²) in [6.07, 6.45) is 0. The van der Waals surface area contributed by atoms with Gasteiger partial charge in [-0.05, 0) is 23.3 Å². The van der Waals surface area contributed by atoms with E-state index in [4.69, 9.17) is 29.9 Å². The van der Waals surface area contributed by atoms with Crippen LogP contribution < -0.4 is 0 Å². The van der Waals surface area contributed by atoms with Gasteiger partial charge in [0.25, 0.3) is 0 Å². The Morgan fingerprint density at radius 1 is 0.273 bits per heavy atom. The van der Waals surface area contributed by atoms with Gasteiger partial charge < -0.3 is 0 Å². The lowest BCUT2D eigenvalue weighted by Gasteiger charge is -2.10. The van der Waals surface area contributed by atoms with Gasteiger partial charge in [0.2, 0.25) is 0 Å². The van der Waals surface area contributed by atoms with Gasteiger partial charge in [-0.2, -0.15) is 0 Å².